The molecule has 2 aliphatic heterocycles. The Bertz CT molecular complexity index is 509. The number of piperidine rings is 1. The van der Waals surface area contributed by atoms with Gasteiger partial charge in [0.25, 0.3) is 0 Å². The van der Waals surface area contributed by atoms with Crippen molar-refractivity contribution in [3.63, 3.8) is 0 Å². The van der Waals surface area contributed by atoms with Gasteiger partial charge in [0, 0.05) is 37.9 Å². The molecule has 0 saturated carbocycles. The topological polar surface area (TPSA) is 70.4 Å². The highest BCUT2D eigenvalue weighted by molar-refractivity contribution is 5.75. The molecule has 1 fully saturated rings. The monoisotopic (exact) mass is 288 g/mol. The van der Waals surface area contributed by atoms with Gasteiger partial charge in [-0.15, -0.1) is 0 Å². The van der Waals surface area contributed by atoms with Crippen LogP contribution in [0.15, 0.2) is 18.2 Å². The van der Waals surface area contributed by atoms with Crippen molar-refractivity contribution in [3.05, 3.63) is 29.3 Å². The highest BCUT2D eigenvalue weighted by Gasteiger charge is 2.20. The molecule has 5 heteroatoms. The molecule has 0 unspecified atom stereocenters. The Morgan fingerprint density at radius 3 is 2.95 bits per heavy atom. The largest absolute Gasteiger partial charge is 0.384 e. The minimum atomic E-state index is -0.229. The Morgan fingerprint density at radius 2 is 2.19 bits per heavy atom. The number of nitrogens with zero attached hydrogens (tertiary/aromatic N) is 1. The third-order valence-corrected chi connectivity index (χ3v) is 4.48. The maximum Gasteiger partial charge on any atom is 0.231 e. The first kappa shape index (κ1) is 14.4. The van der Waals surface area contributed by atoms with Crippen LogP contribution in [0.1, 0.15) is 24.0 Å². The third-order valence-electron chi connectivity index (χ3n) is 4.48. The number of carbonyl (C=O) groups excluding carboxylic acids is 1. The quantitative estimate of drug-likeness (QED) is 0.746. The van der Waals surface area contributed by atoms with E-state index in [4.69, 9.17) is 5.73 Å². The fourth-order valence-electron chi connectivity index (χ4n) is 3.33. The van der Waals surface area contributed by atoms with Gasteiger partial charge in [-0.1, -0.05) is 18.2 Å². The molecule has 0 radical (unpaired) electrons. The number of hydrogen-bond acceptors (Lipinski definition) is 4. The van der Waals surface area contributed by atoms with Gasteiger partial charge in [0.2, 0.25) is 5.91 Å². The van der Waals surface area contributed by atoms with Gasteiger partial charge in [0.05, 0.1) is 6.54 Å². The average molecular weight is 288 g/mol. The summed E-state index contributed by atoms with van der Waals surface area (Å²) in [5.74, 6) is -0.229. The van der Waals surface area contributed by atoms with Crippen LogP contribution in [0.25, 0.3) is 0 Å². The van der Waals surface area contributed by atoms with Crippen molar-refractivity contribution in [2.75, 3.05) is 31.5 Å². The maximum atomic E-state index is 10.9. The SMILES string of the molecule is NC(=O)CN1CCC(NCc2cccc3c2NCC3)CC1. The molecule has 1 amide bonds. The normalized spacial score (nSPS) is 19.2. The Kier molecular flexibility index (Phi) is 4.41. The molecular weight excluding hydrogens is 264 g/mol. The summed E-state index contributed by atoms with van der Waals surface area (Å²) in [5.41, 5.74) is 9.37. The van der Waals surface area contributed by atoms with E-state index < -0.39 is 0 Å². The van der Waals surface area contributed by atoms with E-state index in [0.29, 0.717) is 12.6 Å². The van der Waals surface area contributed by atoms with Crippen LogP contribution in [0.3, 0.4) is 0 Å². The van der Waals surface area contributed by atoms with Crippen LogP contribution < -0.4 is 16.4 Å². The molecule has 0 atom stereocenters. The van der Waals surface area contributed by atoms with Crippen LogP contribution in [-0.4, -0.2) is 43.0 Å². The minimum Gasteiger partial charge on any atom is -0.384 e. The maximum absolute atomic E-state index is 10.9. The Morgan fingerprint density at radius 1 is 1.38 bits per heavy atom. The summed E-state index contributed by atoms with van der Waals surface area (Å²) in [7, 11) is 0. The Labute approximate surface area is 125 Å². The Balaban J connectivity index is 1.49. The van der Waals surface area contributed by atoms with Gasteiger partial charge >= 0.3 is 0 Å². The fraction of sp³-hybridized carbons (Fsp3) is 0.562. The lowest BCUT2D eigenvalue weighted by atomic mass is 10.0. The van der Waals surface area contributed by atoms with E-state index >= 15 is 0 Å². The van der Waals surface area contributed by atoms with Crippen LogP contribution in [0.5, 0.6) is 0 Å². The van der Waals surface area contributed by atoms with E-state index in [0.717, 1.165) is 45.4 Å². The molecule has 3 rings (SSSR count). The number of para-hydroxylation sites is 1. The summed E-state index contributed by atoms with van der Waals surface area (Å²) in [6.45, 7) is 4.26. The summed E-state index contributed by atoms with van der Waals surface area (Å²) in [6.07, 6.45) is 3.29. The number of benzene rings is 1. The molecule has 0 bridgehead atoms. The molecule has 0 spiro atoms. The first-order valence-corrected chi connectivity index (χ1v) is 7.81. The molecule has 1 aromatic carbocycles. The number of rotatable bonds is 5. The van der Waals surface area contributed by atoms with Crippen molar-refractivity contribution in [2.24, 2.45) is 5.73 Å². The zero-order chi connectivity index (χ0) is 14.7. The van der Waals surface area contributed by atoms with Gasteiger partial charge in [0.1, 0.15) is 0 Å². The number of primary amides is 1. The summed E-state index contributed by atoms with van der Waals surface area (Å²) < 4.78 is 0. The third kappa shape index (κ3) is 3.54. The van der Waals surface area contributed by atoms with Crippen LogP contribution in [-0.2, 0) is 17.8 Å². The molecule has 2 heterocycles. The molecule has 114 valence electrons. The summed E-state index contributed by atoms with van der Waals surface area (Å²) >= 11 is 0. The van der Waals surface area contributed by atoms with Gasteiger partial charge in [-0.25, -0.2) is 0 Å². The van der Waals surface area contributed by atoms with Gasteiger partial charge in [0.15, 0.2) is 0 Å². The van der Waals surface area contributed by atoms with E-state index in [1.165, 1.54) is 16.8 Å². The lowest BCUT2D eigenvalue weighted by Crippen LogP contribution is -2.45. The minimum absolute atomic E-state index is 0.229. The number of hydrogen-bond donors (Lipinski definition) is 3. The summed E-state index contributed by atoms with van der Waals surface area (Å²) in [6, 6.07) is 7.10. The zero-order valence-electron chi connectivity index (χ0n) is 12.4. The number of amides is 1. The molecule has 4 N–H and O–H groups in total. The predicted molar refractivity (Wildman–Crippen MR) is 84.1 cm³/mol. The Hall–Kier alpha value is -1.59. The number of fused-ring (bicyclic) bond motifs is 1. The molecule has 2 aliphatic rings. The van der Waals surface area contributed by atoms with Crippen molar-refractivity contribution in [1.29, 1.82) is 0 Å². The number of nitrogens with two attached hydrogens (primary N) is 1. The van der Waals surface area contributed by atoms with Crippen LogP contribution in [0.2, 0.25) is 0 Å². The molecular formula is C16H24N4O. The smallest absolute Gasteiger partial charge is 0.231 e. The van der Waals surface area contributed by atoms with Crippen LogP contribution >= 0.6 is 0 Å². The average Bonchev–Trinajstić information content (AvgIpc) is 2.95. The lowest BCUT2D eigenvalue weighted by molar-refractivity contribution is -0.119. The molecule has 0 aliphatic carbocycles. The number of likely N-dealkylation sites (tertiary alicyclic amines) is 1. The summed E-state index contributed by atoms with van der Waals surface area (Å²) in [5, 5.41) is 7.14. The number of carbonyl (C=O) groups is 1. The fourth-order valence-corrected chi connectivity index (χ4v) is 3.33. The van der Waals surface area contributed by atoms with Gasteiger partial charge in [-0.05, 0) is 30.4 Å². The molecule has 1 saturated heterocycles. The number of anilines is 1. The van der Waals surface area contributed by atoms with E-state index in [1.807, 2.05) is 0 Å². The van der Waals surface area contributed by atoms with E-state index in [1.54, 1.807) is 0 Å². The highest BCUT2D eigenvalue weighted by Crippen LogP contribution is 2.26. The van der Waals surface area contributed by atoms with E-state index in [2.05, 4.69) is 33.7 Å². The van der Waals surface area contributed by atoms with Crippen LogP contribution in [0, 0.1) is 0 Å². The van der Waals surface area contributed by atoms with Crippen molar-refractivity contribution in [1.82, 2.24) is 10.2 Å². The van der Waals surface area contributed by atoms with Crippen molar-refractivity contribution >= 4 is 11.6 Å². The highest BCUT2D eigenvalue weighted by atomic mass is 16.1. The standard InChI is InChI=1S/C16H24N4O/c17-15(21)11-20-8-5-14(6-9-20)19-10-13-3-1-2-12-4-7-18-16(12)13/h1-3,14,18-19H,4-11H2,(H2,17,21). The zero-order valence-corrected chi connectivity index (χ0v) is 12.4. The second-order valence-electron chi connectivity index (χ2n) is 6.03. The molecule has 21 heavy (non-hydrogen) atoms. The summed E-state index contributed by atoms with van der Waals surface area (Å²) in [4.78, 5) is 13.1. The molecule has 1 aromatic rings. The van der Waals surface area contributed by atoms with Gasteiger partial charge in [-0.3, -0.25) is 9.69 Å². The van der Waals surface area contributed by atoms with Gasteiger partial charge < -0.3 is 16.4 Å². The first-order chi connectivity index (χ1) is 10.2. The molecule has 0 aromatic heterocycles. The first-order valence-electron chi connectivity index (χ1n) is 7.81. The second-order valence-corrected chi connectivity index (χ2v) is 6.03. The van der Waals surface area contributed by atoms with E-state index in [-0.39, 0.29) is 5.91 Å². The second kappa shape index (κ2) is 6.45. The number of nitrogens with one attached hydrogen (secondary N) is 2. The van der Waals surface area contributed by atoms with Crippen molar-refractivity contribution in [3.8, 4) is 0 Å². The van der Waals surface area contributed by atoms with E-state index in [9.17, 15) is 4.79 Å². The van der Waals surface area contributed by atoms with Crippen molar-refractivity contribution in [2.45, 2.75) is 31.8 Å². The van der Waals surface area contributed by atoms with Crippen molar-refractivity contribution < 1.29 is 4.79 Å². The molecule has 5 nitrogen and oxygen atoms in total. The lowest BCUT2D eigenvalue weighted by Gasteiger charge is -2.31. The van der Waals surface area contributed by atoms with Crippen LogP contribution in [0.4, 0.5) is 5.69 Å². The predicted octanol–water partition coefficient (Wildman–Crippen LogP) is 0.694. The van der Waals surface area contributed by atoms with Gasteiger partial charge in [-0.2, -0.15) is 0 Å².